The molecule has 1 heterocycles. The second-order valence-corrected chi connectivity index (χ2v) is 4.14. The van der Waals surface area contributed by atoms with E-state index in [1.165, 1.54) is 0 Å². The third-order valence-corrected chi connectivity index (χ3v) is 2.45. The summed E-state index contributed by atoms with van der Waals surface area (Å²) in [6.45, 7) is 0.165. The molecule has 0 radical (unpaired) electrons. The van der Waals surface area contributed by atoms with Crippen LogP contribution in [-0.4, -0.2) is 19.4 Å². The van der Waals surface area contributed by atoms with Gasteiger partial charge in [0.25, 0.3) is 5.96 Å². The smallest absolute Gasteiger partial charge is 0.365 e. The summed E-state index contributed by atoms with van der Waals surface area (Å²) in [6, 6.07) is 9.09. The minimum absolute atomic E-state index is 0.154. The van der Waals surface area contributed by atoms with Crippen LogP contribution in [0.25, 0.3) is 0 Å². The Morgan fingerprint density at radius 3 is 2.69 bits per heavy atom. The van der Waals surface area contributed by atoms with Crippen molar-refractivity contribution in [3.63, 3.8) is 0 Å². The molecule has 0 saturated carbocycles. The Labute approximate surface area is 92.3 Å². The van der Waals surface area contributed by atoms with E-state index in [9.17, 15) is 8.42 Å². The standard InChI is InChI=1S/C8H9N3O4S/c9-8-10-14-16(12,13)15-11(8)6-7-4-2-1-3-5-7/h1-5H,6H2,(H2,9,10). The van der Waals surface area contributed by atoms with E-state index in [0.717, 1.165) is 10.6 Å². The van der Waals surface area contributed by atoms with Gasteiger partial charge in [-0.15, -0.1) is 4.28 Å². The summed E-state index contributed by atoms with van der Waals surface area (Å²) < 4.78 is 30.4. The van der Waals surface area contributed by atoms with E-state index in [2.05, 4.69) is 13.7 Å². The molecule has 2 rings (SSSR count). The van der Waals surface area contributed by atoms with Crippen LogP contribution in [0.3, 0.4) is 0 Å². The summed E-state index contributed by atoms with van der Waals surface area (Å²) in [4.78, 5) is 0. The van der Waals surface area contributed by atoms with E-state index in [1.807, 2.05) is 18.2 Å². The number of hydrogen-bond acceptors (Lipinski definition) is 7. The Bertz CT molecular complexity index is 499. The zero-order chi connectivity index (χ0) is 11.6. The summed E-state index contributed by atoms with van der Waals surface area (Å²) in [7, 11) is -4.13. The second kappa shape index (κ2) is 3.99. The molecule has 86 valence electrons. The monoisotopic (exact) mass is 243 g/mol. The van der Waals surface area contributed by atoms with Crippen molar-refractivity contribution in [1.82, 2.24) is 5.06 Å². The van der Waals surface area contributed by atoms with Crippen molar-refractivity contribution < 1.29 is 17.0 Å². The molecule has 1 aliphatic heterocycles. The molecule has 8 heteroatoms. The summed E-state index contributed by atoms with van der Waals surface area (Å²) in [6.07, 6.45) is 0. The zero-order valence-electron chi connectivity index (χ0n) is 8.11. The van der Waals surface area contributed by atoms with Crippen LogP contribution in [0.15, 0.2) is 35.5 Å². The lowest BCUT2D eigenvalue weighted by Crippen LogP contribution is -2.42. The van der Waals surface area contributed by atoms with Crippen molar-refractivity contribution in [2.75, 3.05) is 0 Å². The quantitative estimate of drug-likeness (QED) is 0.781. The highest BCUT2D eigenvalue weighted by Gasteiger charge is 2.27. The van der Waals surface area contributed by atoms with E-state index in [0.29, 0.717) is 0 Å². The van der Waals surface area contributed by atoms with Gasteiger partial charge in [-0.3, -0.25) is 0 Å². The van der Waals surface area contributed by atoms with Crippen molar-refractivity contribution in [3.8, 4) is 0 Å². The number of oxime groups is 1. The van der Waals surface area contributed by atoms with Crippen LogP contribution in [0.2, 0.25) is 0 Å². The van der Waals surface area contributed by atoms with Crippen molar-refractivity contribution in [2.45, 2.75) is 6.54 Å². The molecular formula is C8H9N3O4S. The van der Waals surface area contributed by atoms with Crippen LogP contribution in [0.4, 0.5) is 0 Å². The van der Waals surface area contributed by atoms with Crippen LogP contribution in [-0.2, 0) is 25.5 Å². The number of hydrogen-bond donors (Lipinski definition) is 1. The predicted molar refractivity (Wildman–Crippen MR) is 54.7 cm³/mol. The van der Waals surface area contributed by atoms with Gasteiger partial charge in [-0.1, -0.05) is 30.3 Å². The Kier molecular flexibility index (Phi) is 2.67. The molecule has 0 bridgehead atoms. The summed E-state index contributed by atoms with van der Waals surface area (Å²) in [5, 5.41) is 4.11. The average molecular weight is 243 g/mol. The molecule has 0 atom stereocenters. The molecule has 1 aromatic carbocycles. The van der Waals surface area contributed by atoms with Gasteiger partial charge in [-0.25, -0.2) is 4.28 Å². The van der Waals surface area contributed by atoms with Gasteiger partial charge in [0.1, 0.15) is 0 Å². The highest BCUT2D eigenvalue weighted by atomic mass is 32.3. The van der Waals surface area contributed by atoms with Gasteiger partial charge in [-0.2, -0.15) is 13.5 Å². The van der Waals surface area contributed by atoms with E-state index in [-0.39, 0.29) is 12.5 Å². The third kappa shape index (κ3) is 2.41. The maximum atomic E-state index is 10.9. The van der Waals surface area contributed by atoms with E-state index in [1.54, 1.807) is 12.1 Å². The van der Waals surface area contributed by atoms with Crippen molar-refractivity contribution in [3.05, 3.63) is 35.9 Å². The molecule has 7 nitrogen and oxygen atoms in total. The largest absolute Gasteiger partial charge is 0.491 e. The Hall–Kier alpha value is -1.80. The van der Waals surface area contributed by atoms with Gasteiger partial charge >= 0.3 is 10.4 Å². The van der Waals surface area contributed by atoms with Crippen LogP contribution < -0.4 is 5.73 Å². The first-order valence-electron chi connectivity index (χ1n) is 4.35. The number of guanidine groups is 1. The molecule has 0 unspecified atom stereocenters. The van der Waals surface area contributed by atoms with Crippen molar-refractivity contribution in [1.29, 1.82) is 0 Å². The molecule has 0 amide bonds. The molecule has 0 aliphatic carbocycles. The molecule has 2 N–H and O–H groups in total. The van der Waals surface area contributed by atoms with E-state index >= 15 is 0 Å². The number of hydroxylamine groups is 2. The Balaban J connectivity index is 2.16. The Morgan fingerprint density at radius 1 is 1.31 bits per heavy atom. The zero-order valence-corrected chi connectivity index (χ0v) is 8.92. The van der Waals surface area contributed by atoms with Crippen molar-refractivity contribution >= 4 is 16.4 Å². The molecule has 16 heavy (non-hydrogen) atoms. The van der Waals surface area contributed by atoms with Crippen LogP contribution in [0.5, 0.6) is 0 Å². The number of nitrogens with two attached hydrogens (primary N) is 1. The van der Waals surface area contributed by atoms with Gasteiger partial charge in [-0.05, 0) is 10.7 Å². The molecular weight excluding hydrogens is 234 g/mol. The topological polar surface area (TPSA) is 94.2 Å². The fraction of sp³-hybridized carbons (Fsp3) is 0.125. The van der Waals surface area contributed by atoms with Gasteiger partial charge in [0.05, 0.1) is 6.54 Å². The Morgan fingerprint density at radius 2 is 2.00 bits per heavy atom. The lowest BCUT2D eigenvalue weighted by molar-refractivity contribution is -0.0207. The minimum atomic E-state index is -4.13. The fourth-order valence-electron chi connectivity index (χ4n) is 1.15. The number of benzene rings is 1. The first kappa shape index (κ1) is 10.7. The SMILES string of the molecule is NC1=NOS(=O)(=O)ON1Cc1ccccc1. The molecule has 0 aromatic heterocycles. The van der Waals surface area contributed by atoms with Crippen LogP contribution in [0.1, 0.15) is 5.56 Å². The molecule has 0 spiro atoms. The van der Waals surface area contributed by atoms with Crippen molar-refractivity contribution in [2.24, 2.45) is 10.9 Å². The highest BCUT2D eigenvalue weighted by molar-refractivity contribution is 7.81. The normalized spacial score (nSPS) is 18.8. The summed E-state index contributed by atoms with van der Waals surface area (Å²) in [5.41, 5.74) is 6.24. The maximum absolute atomic E-state index is 10.9. The van der Waals surface area contributed by atoms with Gasteiger partial charge in [0.15, 0.2) is 0 Å². The number of nitrogens with zero attached hydrogens (tertiary/aromatic N) is 2. The lowest BCUT2D eigenvalue weighted by atomic mass is 10.2. The summed E-state index contributed by atoms with van der Waals surface area (Å²) in [5.74, 6) is -0.154. The first-order valence-corrected chi connectivity index (χ1v) is 5.68. The van der Waals surface area contributed by atoms with Gasteiger partial charge < -0.3 is 5.73 Å². The molecule has 1 aliphatic rings. The van der Waals surface area contributed by atoms with E-state index < -0.39 is 10.4 Å². The van der Waals surface area contributed by atoms with Crippen LogP contribution in [0, 0.1) is 0 Å². The highest BCUT2D eigenvalue weighted by Crippen LogP contribution is 2.12. The van der Waals surface area contributed by atoms with Crippen LogP contribution >= 0.6 is 0 Å². The third-order valence-electron chi connectivity index (χ3n) is 1.83. The molecule has 0 saturated heterocycles. The summed E-state index contributed by atoms with van der Waals surface area (Å²) >= 11 is 0. The number of rotatable bonds is 2. The average Bonchev–Trinajstić information content (AvgIpc) is 2.25. The maximum Gasteiger partial charge on any atom is 0.491 e. The minimum Gasteiger partial charge on any atom is -0.365 e. The first-order chi connectivity index (χ1) is 7.57. The second-order valence-electron chi connectivity index (χ2n) is 3.03. The molecule has 1 aromatic rings. The van der Waals surface area contributed by atoms with Gasteiger partial charge in [0.2, 0.25) is 0 Å². The fourth-order valence-corrected chi connectivity index (χ4v) is 1.69. The van der Waals surface area contributed by atoms with E-state index in [4.69, 9.17) is 5.73 Å². The van der Waals surface area contributed by atoms with Gasteiger partial charge in [0, 0.05) is 0 Å². The predicted octanol–water partition coefficient (Wildman–Crippen LogP) is -0.0751. The molecule has 0 fully saturated rings. The lowest BCUT2D eigenvalue weighted by Gasteiger charge is -2.23.